The number of rotatable bonds is 9. The first-order chi connectivity index (χ1) is 9.17. The summed E-state index contributed by atoms with van der Waals surface area (Å²) >= 11 is 5.91. The lowest BCUT2D eigenvalue weighted by molar-refractivity contribution is 0.0589. The van der Waals surface area contributed by atoms with Gasteiger partial charge in [0.15, 0.2) is 0 Å². The van der Waals surface area contributed by atoms with Crippen molar-refractivity contribution in [1.82, 2.24) is 5.32 Å². The molecule has 0 aliphatic heterocycles. The minimum atomic E-state index is -0.398. The van der Waals surface area contributed by atoms with Gasteiger partial charge in [0, 0.05) is 18.2 Å². The molecule has 0 saturated carbocycles. The maximum absolute atomic E-state index is 9.62. The van der Waals surface area contributed by atoms with Crippen LogP contribution in [-0.4, -0.2) is 31.5 Å². The molecule has 2 atom stereocenters. The third kappa shape index (κ3) is 6.39. The first-order valence-corrected chi connectivity index (χ1v) is 7.21. The van der Waals surface area contributed by atoms with E-state index >= 15 is 0 Å². The molecule has 2 unspecified atom stereocenters. The van der Waals surface area contributed by atoms with Crippen molar-refractivity contribution in [2.45, 2.75) is 38.3 Å². The van der Waals surface area contributed by atoms with Crippen molar-refractivity contribution in [1.29, 1.82) is 0 Å². The molecule has 0 amide bonds. The molecule has 0 aromatic heterocycles. The van der Waals surface area contributed by atoms with Crippen molar-refractivity contribution in [3.8, 4) is 0 Å². The zero-order chi connectivity index (χ0) is 14.1. The number of nitrogens with one attached hydrogen (secondary N) is 1. The summed E-state index contributed by atoms with van der Waals surface area (Å²) in [4.78, 5) is 0. The molecule has 4 heteroatoms. The number of hydrogen-bond acceptors (Lipinski definition) is 3. The zero-order valence-corrected chi connectivity index (χ0v) is 12.5. The number of aliphatic hydroxyl groups excluding tert-OH is 1. The van der Waals surface area contributed by atoms with Crippen LogP contribution in [0, 0.1) is 0 Å². The van der Waals surface area contributed by atoms with Crippen LogP contribution in [0.25, 0.3) is 0 Å². The van der Waals surface area contributed by atoms with E-state index in [0.29, 0.717) is 19.1 Å². The van der Waals surface area contributed by atoms with Crippen LogP contribution in [0.3, 0.4) is 0 Å². The second-order valence-corrected chi connectivity index (χ2v) is 5.18. The largest absolute Gasteiger partial charge is 0.391 e. The quantitative estimate of drug-likeness (QED) is 0.732. The van der Waals surface area contributed by atoms with Gasteiger partial charge >= 0.3 is 0 Å². The maximum Gasteiger partial charge on any atom is 0.0785 e. The van der Waals surface area contributed by atoms with Crippen LogP contribution in [0.15, 0.2) is 24.3 Å². The summed E-state index contributed by atoms with van der Waals surface area (Å²) < 4.78 is 4.91. The summed E-state index contributed by atoms with van der Waals surface area (Å²) in [6.07, 6.45) is 2.48. The SMILES string of the molecule is CCCC(NCCC(O)COC)c1ccc(Cl)cc1. The van der Waals surface area contributed by atoms with Crippen molar-refractivity contribution in [2.75, 3.05) is 20.3 Å². The summed E-state index contributed by atoms with van der Waals surface area (Å²) in [6.45, 7) is 3.34. The lowest BCUT2D eigenvalue weighted by atomic mass is 10.0. The Kier molecular flexibility index (Phi) is 8.07. The normalized spacial score (nSPS) is 14.3. The Bertz CT molecular complexity index is 343. The van der Waals surface area contributed by atoms with Crippen molar-refractivity contribution >= 4 is 11.6 Å². The predicted molar refractivity (Wildman–Crippen MR) is 79.6 cm³/mol. The number of halogens is 1. The fourth-order valence-electron chi connectivity index (χ4n) is 2.07. The minimum Gasteiger partial charge on any atom is -0.391 e. The molecule has 0 saturated heterocycles. The van der Waals surface area contributed by atoms with Gasteiger partial charge in [0.1, 0.15) is 0 Å². The van der Waals surface area contributed by atoms with Crippen molar-refractivity contribution < 1.29 is 9.84 Å². The lowest BCUT2D eigenvalue weighted by Gasteiger charge is -2.19. The molecule has 108 valence electrons. The molecule has 0 aliphatic rings. The van der Waals surface area contributed by atoms with Gasteiger partial charge in [-0.15, -0.1) is 0 Å². The number of benzene rings is 1. The number of methoxy groups -OCH3 is 1. The Morgan fingerprint density at radius 2 is 1.95 bits per heavy atom. The van der Waals surface area contributed by atoms with Gasteiger partial charge in [-0.2, -0.15) is 0 Å². The fraction of sp³-hybridized carbons (Fsp3) is 0.600. The van der Waals surface area contributed by atoms with Gasteiger partial charge < -0.3 is 15.2 Å². The topological polar surface area (TPSA) is 41.5 Å². The van der Waals surface area contributed by atoms with Gasteiger partial charge in [0.2, 0.25) is 0 Å². The van der Waals surface area contributed by atoms with Gasteiger partial charge in [-0.3, -0.25) is 0 Å². The zero-order valence-electron chi connectivity index (χ0n) is 11.7. The minimum absolute atomic E-state index is 0.317. The number of hydrogen-bond donors (Lipinski definition) is 2. The summed E-state index contributed by atoms with van der Waals surface area (Å²) in [7, 11) is 1.60. The molecule has 0 fully saturated rings. The van der Waals surface area contributed by atoms with Crippen LogP contribution in [0.5, 0.6) is 0 Å². The fourth-order valence-corrected chi connectivity index (χ4v) is 2.20. The summed E-state index contributed by atoms with van der Waals surface area (Å²) in [5.74, 6) is 0. The average molecular weight is 286 g/mol. The highest BCUT2D eigenvalue weighted by molar-refractivity contribution is 6.30. The van der Waals surface area contributed by atoms with Gasteiger partial charge in [0.05, 0.1) is 12.7 Å². The van der Waals surface area contributed by atoms with Crippen LogP contribution >= 0.6 is 11.6 Å². The molecule has 1 aromatic carbocycles. The van der Waals surface area contributed by atoms with Crippen molar-refractivity contribution in [2.24, 2.45) is 0 Å². The van der Waals surface area contributed by atoms with E-state index in [2.05, 4.69) is 24.4 Å². The first kappa shape index (κ1) is 16.4. The molecule has 0 heterocycles. The second kappa shape index (κ2) is 9.32. The van der Waals surface area contributed by atoms with Crippen LogP contribution in [0.4, 0.5) is 0 Å². The van der Waals surface area contributed by atoms with E-state index in [1.54, 1.807) is 7.11 Å². The molecule has 1 rings (SSSR count). The molecule has 19 heavy (non-hydrogen) atoms. The van der Waals surface area contributed by atoms with Crippen LogP contribution in [0.2, 0.25) is 5.02 Å². The number of ether oxygens (including phenoxy) is 1. The predicted octanol–water partition coefficient (Wildman–Crippen LogP) is 3.17. The van der Waals surface area contributed by atoms with Crippen molar-refractivity contribution in [3.05, 3.63) is 34.9 Å². The molecule has 1 aromatic rings. The van der Waals surface area contributed by atoms with E-state index in [4.69, 9.17) is 16.3 Å². The highest BCUT2D eigenvalue weighted by Gasteiger charge is 2.11. The summed E-state index contributed by atoms with van der Waals surface area (Å²) in [6, 6.07) is 8.27. The van der Waals surface area contributed by atoms with E-state index in [-0.39, 0.29) is 0 Å². The Labute approximate surface area is 120 Å². The molecule has 0 spiro atoms. The Morgan fingerprint density at radius 1 is 1.26 bits per heavy atom. The lowest BCUT2D eigenvalue weighted by Crippen LogP contribution is -2.27. The van der Waals surface area contributed by atoms with E-state index in [1.165, 1.54) is 5.56 Å². The Balaban J connectivity index is 2.46. The van der Waals surface area contributed by atoms with Crippen molar-refractivity contribution in [3.63, 3.8) is 0 Å². The van der Waals surface area contributed by atoms with Gasteiger partial charge in [-0.25, -0.2) is 0 Å². The third-order valence-electron chi connectivity index (χ3n) is 3.08. The molecule has 0 aliphatic carbocycles. The molecular formula is C15H24ClNO2. The van der Waals surface area contributed by atoms with E-state index in [9.17, 15) is 5.11 Å². The third-order valence-corrected chi connectivity index (χ3v) is 3.33. The van der Waals surface area contributed by atoms with E-state index in [1.807, 2.05) is 12.1 Å². The maximum atomic E-state index is 9.62. The van der Waals surface area contributed by atoms with E-state index < -0.39 is 6.10 Å². The first-order valence-electron chi connectivity index (χ1n) is 6.83. The number of aliphatic hydroxyl groups is 1. The van der Waals surface area contributed by atoms with Gasteiger partial charge in [-0.05, 0) is 37.1 Å². The standard InChI is InChI=1S/C15H24ClNO2/c1-3-4-15(12-5-7-13(16)8-6-12)17-10-9-14(18)11-19-2/h5-8,14-15,17-18H,3-4,9-11H2,1-2H3. The molecular weight excluding hydrogens is 262 g/mol. The van der Waals surface area contributed by atoms with E-state index in [0.717, 1.165) is 24.4 Å². The summed E-state index contributed by atoms with van der Waals surface area (Å²) in [5, 5.41) is 13.9. The molecule has 2 N–H and O–H groups in total. The Hall–Kier alpha value is -0.610. The molecule has 3 nitrogen and oxygen atoms in total. The van der Waals surface area contributed by atoms with Gasteiger partial charge in [-0.1, -0.05) is 37.1 Å². The summed E-state index contributed by atoms with van der Waals surface area (Å²) in [5.41, 5.74) is 1.24. The second-order valence-electron chi connectivity index (χ2n) is 4.74. The Morgan fingerprint density at radius 3 is 2.53 bits per heavy atom. The van der Waals surface area contributed by atoms with Crippen LogP contribution in [-0.2, 0) is 4.74 Å². The van der Waals surface area contributed by atoms with Crippen LogP contribution in [0.1, 0.15) is 37.8 Å². The van der Waals surface area contributed by atoms with Gasteiger partial charge in [0.25, 0.3) is 0 Å². The average Bonchev–Trinajstić information content (AvgIpc) is 2.39. The highest BCUT2D eigenvalue weighted by Crippen LogP contribution is 2.20. The monoisotopic (exact) mass is 285 g/mol. The smallest absolute Gasteiger partial charge is 0.0785 e. The molecule has 0 bridgehead atoms. The highest BCUT2D eigenvalue weighted by atomic mass is 35.5. The molecule has 0 radical (unpaired) electrons. The van der Waals surface area contributed by atoms with Crippen LogP contribution < -0.4 is 5.32 Å².